The second-order valence-electron chi connectivity index (χ2n) is 2.61. The van der Waals surface area contributed by atoms with Crippen molar-refractivity contribution in [1.29, 1.82) is 0 Å². The van der Waals surface area contributed by atoms with E-state index in [1.807, 2.05) is 12.2 Å². The molecule has 0 atom stereocenters. The molecule has 62 valence electrons. The fraction of sp³-hybridized carbons (Fsp3) is 0.556. The Labute approximate surface area is 68.1 Å². The van der Waals surface area contributed by atoms with Crippen LogP contribution in [0.3, 0.4) is 0 Å². The second kappa shape index (κ2) is 4.31. The molecule has 1 aliphatic heterocycles. The highest BCUT2D eigenvalue weighted by Crippen LogP contribution is 2.04. The van der Waals surface area contributed by atoms with Crippen LogP contribution in [0.1, 0.15) is 0 Å². The first-order valence-electron chi connectivity index (χ1n) is 3.95. The van der Waals surface area contributed by atoms with Gasteiger partial charge in [0.25, 0.3) is 0 Å². The highest BCUT2D eigenvalue weighted by molar-refractivity contribution is 5.00. The molecule has 0 spiro atoms. The smallest absolute Gasteiger partial charge is 0.0594 e. The third-order valence-corrected chi connectivity index (χ3v) is 1.95. The number of hydrogen-bond acceptors (Lipinski definition) is 2. The minimum absolute atomic E-state index is 0.318. The quantitative estimate of drug-likeness (QED) is 0.562. The van der Waals surface area contributed by atoms with Gasteiger partial charge in [0.05, 0.1) is 13.2 Å². The van der Waals surface area contributed by atoms with Gasteiger partial charge in [-0.25, -0.2) is 0 Å². The second-order valence-corrected chi connectivity index (χ2v) is 2.61. The molecule has 0 aromatic rings. The van der Waals surface area contributed by atoms with Crippen LogP contribution in [-0.2, 0) is 4.74 Å². The summed E-state index contributed by atoms with van der Waals surface area (Å²) in [5.74, 6) is 0. The molecule has 2 heteroatoms. The molecule has 0 aromatic heterocycles. The van der Waals surface area contributed by atoms with E-state index >= 15 is 0 Å². The number of ether oxygens (including phenoxy) is 1. The minimum Gasteiger partial charge on any atom is -0.379 e. The summed E-state index contributed by atoms with van der Waals surface area (Å²) in [6.45, 7) is 11.1. The summed E-state index contributed by atoms with van der Waals surface area (Å²) < 4.78 is 5.23. The van der Waals surface area contributed by atoms with Crippen molar-refractivity contribution in [1.82, 2.24) is 4.90 Å². The number of hydrogen-bond donors (Lipinski definition) is 0. The molecular weight excluding hydrogens is 138 g/mol. The van der Waals surface area contributed by atoms with E-state index in [0.717, 1.165) is 26.3 Å². The van der Waals surface area contributed by atoms with Crippen molar-refractivity contribution < 1.29 is 4.74 Å². The van der Waals surface area contributed by atoms with Crippen molar-refractivity contribution in [2.75, 3.05) is 26.3 Å². The van der Waals surface area contributed by atoms with Gasteiger partial charge in [0.15, 0.2) is 0 Å². The Morgan fingerprint density at radius 3 is 2.18 bits per heavy atom. The average Bonchev–Trinajstić information content (AvgIpc) is 2.09. The molecule has 0 aliphatic carbocycles. The van der Waals surface area contributed by atoms with Crippen LogP contribution >= 0.6 is 0 Å². The minimum atomic E-state index is 0.318. The molecule has 1 aliphatic rings. The molecule has 0 bridgehead atoms. The molecule has 0 radical (unpaired) electrons. The molecule has 1 heterocycles. The lowest BCUT2D eigenvalue weighted by Crippen LogP contribution is -2.41. The van der Waals surface area contributed by atoms with Crippen LogP contribution in [0, 0.1) is 0 Å². The third-order valence-electron chi connectivity index (χ3n) is 1.95. The van der Waals surface area contributed by atoms with Gasteiger partial charge in [0, 0.05) is 19.1 Å². The van der Waals surface area contributed by atoms with Gasteiger partial charge in [-0.15, -0.1) is 13.2 Å². The zero-order chi connectivity index (χ0) is 8.10. The van der Waals surface area contributed by atoms with Crippen LogP contribution in [0.5, 0.6) is 0 Å². The van der Waals surface area contributed by atoms with Gasteiger partial charge < -0.3 is 4.74 Å². The monoisotopic (exact) mass is 153 g/mol. The van der Waals surface area contributed by atoms with Crippen LogP contribution in [-0.4, -0.2) is 37.2 Å². The predicted octanol–water partition coefficient (Wildman–Crippen LogP) is 1.06. The summed E-state index contributed by atoms with van der Waals surface area (Å²) in [6, 6.07) is 0.318. The molecule has 2 nitrogen and oxygen atoms in total. The lowest BCUT2D eigenvalue weighted by Gasteiger charge is -2.30. The molecule has 0 amide bonds. The van der Waals surface area contributed by atoms with Crippen molar-refractivity contribution >= 4 is 0 Å². The van der Waals surface area contributed by atoms with Crippen LogP contribution in [0.15, 0.2) is 25.3 Å². The first-order chi connectivity index (χ1) is 5.38. The van der Waals surface area contributed by atoms with E-state index in [0.29, 0.717) is 6.04 Å². The summed E-state index contributed by atoms with van der Waals surface area (Å²) >= 11 is 0. The Morgan fingerprint density at radius 1 is 1.18 bits per heavy atom. The Morgan fingerprint density at radius 2 is 1.73 bits per heavy atom. The molecule has 11 heavy (non-hydrogen) atoms. The number of rotatable bonds is 3. The maximum Gasteiger partial charge on any atom is 0.0594 e. The van der Waals surface area contributed by atoms with Gasteiger partial charge in [-0.3, -0.25) is 4.90 Å². The van der Waals surface area contributed by atoms with E-state index in [2.05, 4.69) is 18.1 Å². The topological polar surface area (TPSA) is 12.5 Å². The maximum atomic E-state index is 5.23. The standard InChI is InChI=1S/C9H15NO/c1-3-9(4-2)10-5-7-11-8-6-10/h3-4,9H,1-2,5-8H2. The van der Waals surface area contributed by atoms with E-state index < -0.39 is 0 Å². The van der Waals surface area contributed by atoms with Gasteiger partial charge in [-0.05, 0) is 0 Å². The molecule has 0 N–H and O–H groups in total. The summed E-state index contributed by atoms with van der Waals surface area (Å²) in [6.07, 6.45) is 3.83. The van der Waals surface area contributed by atoms with E-state index in [1.165, 1.54) is 0 Å². The Bertz CT molecular complexity index is 130. The highest BCUT2D eigenvalue weighted by Gasteiger charge is 2.14. The van der Waals surface area contributed by atoms with Crippen LogP contribution in [0.25, 0.3) is 0 Å². The van der Waals surface area contributed by atoms with Crippen molar-refractivity contribution in [2.45, 2.75) is 6.04 Å². The van der Waals surface area contributed by atoms with Crippen molar-refractivity contribution in [2.24, 2.45) is 0 Å². The predicted molar refractivity (Wildman–Crippen MR) is 46.6 cm³/mol. The fourth-order valence-corrected chi connectivity index (χ4v) is 1.27. The van der Waals surface area contributed by atoms with Gasteiger partial charge in [0.2, 0.25) is 0 Å². The van der Waals surface area contributed by atoms with E-state index in [9.17, 15) is 0 Å². The zero-order valence-corrected chi connectivity index (χ0v) is 6.83. The van der Waals surface area contributed by atoms with Crippen LogP contribution < -0.4 is 0 Å². The lowest BCUT2D eigenvalue weighted by atomic mass is 10.2. The molecule has 0 saturated carbocycles. The number of nitrogens with zero attached hydrogens (tertiary/aromatic N) is 1. The Kier molecular flexibility index (Phi) is 3.33. The van der Waals surface area contributed by atoms with Crippen molar-refractivity contribution in [3.8, 4) is 0 Å². The molecule has 0 unspecified atom stereocenters. The van der Waals surface area contributed by atoms with Gasteiger partial charge in [0.1, 0.15) is 0 Å². The van der Waals surface area contributed by atoms with Gasteiger partial charge in [-0.1, -0.05) is 12.2 Å². The molecule has 1 saturated heterocycles. The normalized spacial score (nSPS) is 20.1. The van der Waals surface area contributed by atoms with Gasteiger partial charge in [-0.2, -0.15) is 0 Å². The maximum absolute atomic E-state index is 5.23. The fourth-order valence-electron chi connectivity index (χ4n) is 1.27. The van der Waals surface area contributed by atoms with E-state index in [1.54, 1.807) is 0 Å². The summed E-state index contributed by atoms with van der Waals surface area (Å²) in [4.78, 5) is 2.31. The molecule has 0 aromatic carbocycles. The first kappa shape index (κ1) is 8.50. The molecular formula is C9H15NO. The summed E-state index contributed by atoms with van der Waals surface area (Å²) in [5.41, 5.74) is 0. The number of morpholine rings is 1. The molecule has 1 rings (SSSR count). The van der Waals surface area contributed by atoms with Crippen LogP contribution in [0.2, 0.25) is 0 Å². The van der Waals surface area contributed by atoms with Gasteiger partial charge >= 0.3 is 0 Å². The summed E-state index contributed by atoms with van der Waals surface area (Å²) in [5, 5.41) is 0. The third kappa shape index (κ3) is 2.17. The Hall–Kier alpha value is -0.600. The lowest BCUT2D eigenvalue weighted by molar-refractivity contribution is 0.0331. The zero-order valence-electron chi connectivity index (χ0n) is 6.83. The largest absolute Gasteiger partial charge is 0.379 e. The van der Waals surface area contributed by atoms with Crippen molar-refractivity contribution in [3.63, 3.8) is 0 Å². The first-order valence-corrected chi connectivity index (χ1v) is 3.95. The summed E-state index contributed by atoms with van der Waals surface area (Å²) in [7, 11) is 0. The SMILES string of the molecule is C=CC(C=C)N1CCOCC1. The van der Waals surface area contributed by atoms with Crippen LogP contribution in [0.4, 0.5) is 0 Å². The van der Waals surface area contributed by atoms with Crippen molar-refractivity contribution in [3.05, 3.63) is 25.3 Å². The van der Waals surface area contributed by atoms with E-state index in [4.69, 9.17) is 4.74 Å². The average molecular weight is 153 g/mol. The van der Waals surface area contributed by atoms with E-state index in [-0.39, 0.29) is 0 Å². The Balaban J connectivity index is 2.42. The highest BCUT2D eigenvalue weighted by atomic mass is 16.5. The molecule has 1 fully saturated rings.